The molecule has 5 rings (SSSR count). The molecule has 2 aliphatic rings. The molecule has 7 heteroatoms. The quantitative estimate of drug-likeness (QED) is 0.585. The highest BCUT2D eigenvalue weighted by Gasteiger charge is 2.58. The first-order chi connectivity index (χ1) is 15.1. The molecule has 1 saturated heterocycles. The van der Waals surface area contributed by atoms with Gasteiger partial charge in [0, 0.05) is 12.3 Å². The zero-order valence-electron chi connectivity index (χ0n) is 17.2. The van der Waals surface area contributed by atoms with E-state index in [0.717, 1.165) is 11.1 Å². The highest BCUT2D eigenvalue weighted by atomic mass is 16.7. The van der Waals surface area contributed by atoms with Gasteiger partial charge in [-0.25, -0.2) is 0 Å². The highest BCUT2D eigenvalue weighted by Crippen LogP contribution is 2.45. The molecule has 2 aliphatic heterocycles. The smallest absolute Gasteiger partial charge is 0.302 e. The Labute approximate surface area is 180 Å². The van der Waals surface area contributed by atoms with Crippen LogP contribution in [-0.2, 0) is 27.4 Å². The Morgan fingerprint density at radius 1 is 1.00 bits per heavy atom. The van der Waals surface area contributed by atoms with Gasteiger partial charge in [-0.3, -0.25) is 9.36 Å². The van der Waals surface area contributed by atoms with Gasteiger partial charge in [0.05, 0.1) is 19.8 Å². The molecule has 0 spiro atoms. The van der Waals surface area contributed by atoms with Gasteiger partial charge in [-0.2, -0.15) is 4.98 Å². The summed E-state index contributed by atoms with van der Waals surface area (Å²) in [6.45, 7) is 3.20. The number of hydrogen-bond donors (Lipinski definition) is 0. The van der Waals surface area contributed by atoms with Crippen molar-refractivity contribution in [2.24, 2.45) is 0 Å². The van der Waals surface area contributed by atoms with Gasteiger partial charge in [0.15, 0.2) is 12.3 Å². The van der Waals surface area contributed by atoms with E-state index in [1.165, 1.54) is 6.07 Å². The van der Waals surface area contributed by atoms with E-state index >= 15 is 0 Å². The fourth-order valence-electron chi connectivity index (χ4n) is 4.14. The molecule has 2 aromatic carbocycles. The van der Waals surface area contributed by atoms with Crippen molar-refractivity contribution >= 4 is 0 Å². The summed E-state index contributed by atoms with van der Waals surface area (Å²) in [5, 5.41) is 0. The van der Waals surface area contributed by atoms with Gasteiger partial charge in [0.1, 0.15) is 11.7 Å². The molecule has 7 nitrogen and oxygen atoms in total. The van der Waals surface area contributed by atoms with E-state index in [1.807, 2.05) is 67.6 Å². The molecule has 0 aliphatic carbocycles. The third kappa shape index (κ3) is 3.99. The molecule has 3 aromatic rings. The summed E-state index contributed by atoms with van der Waals surface area (Å²) in [6.07, 6.45) is 0.378. The van der Waals surface area contributed by atoms with Crippen molar-refractivity contribution in [3.8, 4) is 6.01 Å². The predicted molar refractivity (Wildman–Crippen MR) is 113 cm³/mol. The highest BCUT2D eigenvalue weighted by molar-refractivity contribution is 5.17. The molecule has 0 radical (unpaired) electrons. The van der Waals surface area contributed by atoms with Crippen molar-refractivity contribution in [1.82, 2.24) is 9.55 Å². The molecular weight excluding hydrogens is 396 g/mol. The summed E-state index contributed by atoms with van der Waals surface area (Å²) >= 11 is 0. The minimum absolute atomic E-state index is 0.253. The number of benzene rings is 2. The number of fused-ring (bicyclic) bond motifs is 3. The van der Waals surface area contributed by atoms with Gasteiger partial charge in [0.2, 0.25) is 0 Å². The Hall–Kier alpha value is -3.00. The molecule has 0 saturated carbocycles. The second-order valence-electron chi connectivity index (χ2n) is 8.05. The minimum atomic E-state index is -0.736. The monoisotopic (exact) mass is 420 g/mol. The van der Waals surface area contributed by atoms with E-state index in [4.69, 9.17) is 18.9 Å². The molecule has 0 N–H and O–H groups in total. The Morgan fingerprint density at radius 2 is 1.68 bits per heavy atom. The molecule has 1 fully saturated rings. The maximum absolute atomic E-state index is 11.6. The van der Waals surface area contributed by atoms with Crippen molar-refractivity contribution in [3.05, 3.63) is 94.4 Å². The second-order valence-corrected chi connectivity index (χ2v) is 8.05. The van der Waals surface area contributed by atoms with E-state index in [2.05, 4.69) is 4.98 Å². The van der Waals surface area contributed by atoms with Crippen LogP contribution >= 0.6 is 0 Å². The van der Waals surface area contributed by atoms with E-state index < -0.39 is 24.0 Å². The molecule has 1 aromatic heterocycles. The lowest BCUT2D eigenvalue weighted by molar-refractivity contribution is -0.148. The molecule has 0 bridgehead atoms. The van der Waals surface area contributed by atoms with Crippen LogP contribution in [0.1, 0.15) is 24.3 Å². The van der Waals surface area contributed by atoms with Crippen molar-refractivity contribution in [3.63, 3.8) is 0 Å². The summed E-state index contributed by atoms with van der Waals surface area (Å²) < 4.78 is 26.5. The lowest BCUT2D eigenvalue weighted by Crippen LogP contribution is -2.47. The van der Waals surface area contributed by atoms with Crippen molar-refractivity contribution in [1.29, 1.82) is 0 Å². The molecule has 31 heavy (non-hydrogen) atoms. The molecule has 4 unspecified atom stereocenters. The molecule has 160 valence electrons. The average molecular weight is 420 g/mol. The molecule has 3 heterocycles. The first-order valence-corrected chi connectivity index (χ1v) is 10.3. The topological polar surface area (TPSA) is 71.8 Å². The lowest BCUT2D eigenvalue weighted by Gasteiger charge is -2.31. The number of aromatic nitrogens is 2. The van der Waals surface area contributed by atoms with Crippen LogP contribution in [0.5, 0.6) is 6.01 Å². The summed E-state index contributed by atoms with van der Waals surface area (Å²) in [5.74, 6) is 0. The fourth-order valence-corrected chi connectivity index (χ4v) is 4.14. The molecule has 4 atom stereocenters. The third-order valence-corrected chi connectivity index (χ3v) is 5.66. The predicted octanol–water partition coefficient (Wildman–Crippen LogP) is 3.09. The van der Waals surface area contributed by atoms with Crippen LogP contribution in [0.25, 0.3) is 0 Å². The van der Waals surface area contributed by atoms with Gasteiger partial charge in [-0.15, -0.1) is 0 Å². The van der Waals surface area contributed by atoms with Crippen LogP contribution in [0.4, 0.5) is 0 Å². The number of rotatable bonds is 7. The molecule has 0 amide bonds. The summed E-state index contributed by atoms with van der Waals surface area (Å²) in [7, 11) is 0. The van der Waals surface area contributed by atoms with Gasteiger partial charge in [0.25, 0.3) is 5.56 Å². The second kappa shape index (κ2) is 8.26. The van der Waals surface area contributed by atoms with Crippen molar-refractivity contribution < 1.29 is 18.9 Å². The van der Waals surface area contributed by atoms with E-state index in [0.29, 0.717) is 19.8 Å². The van der Waals surface area contributed by atoms with Gasteiger partial charge in [-0.1, -0.05) is 60.7 Å². The van der Waals surface area contributed by atoms with Crippen LogP contribution in [0, 0.1) is 0 Å². The largest absolute Gasteiger partial charge is 0.453 e. The fraction of sp³-hybridized carbons (Fsp3) is 0.333. The summed E-state index contributed by atoms with van der Waals surface area (Å²) in [5.41, 5.74) is 1.07. The van der Waals surface area contributed by atoms with Gasteiger partial charge in [-0.05, 0) is 18.1 Å². The molecular formula is C24H24N2O5. The maximum Gasteiger partial charge on any atom is 0.302 e. The Morgan fingerprint density at radius 3 is 2.39 bits per heavy atom. The van der Waals surface area contributed by atoms with Crippen molar-refractivity contribution in [2.75, 3.05) is 6.61 Å². The minimum Gasteiger partial charge on any atom is -0.453 e. The van der Waals surface area contributed by atoms with Crippen LogP contribution in [0.15, 0.2) is 77.7 Å². The van der Waals surface area contributed by atoms with Gasteiger partial charge < -0.3 is 18.9 Å². The zero-order chi connectivity index (χ0) is 21.3. The van der Waals surface area contributed by atoms with E-state index in [9.17, 15) is 4.79 Å². The van der Waals surface area contributed by atoms with E-state index in [1.54, 1.807) is 10.8 Å². The first kappa shape index (κ1) is 19.9. The Balaban J connectivity index is 1.35. The summed E-state index contributed by atoms with van der Waals surface area (Å²) in [6, 6.07) is 21.6. The van der Waals surface area contributed by atoms with Crippen LogP contribution in [0.2, 0.25) is 0 Å². The van der Waals surface area contributed by atoms with Crippen LogP contribution < -0.4 is 10.3 Å². The van der Waals surface area contributed by atoms with E-state index in [-0.39, 0.29) is 11.6 Å². The Kier molecular flexibility index (Phi) is 5.31. The van der Waals surface area contributed by atoms with Crippen LogP contribution in [0.3, 0.4) is 0 Å². The number of nitrogens with zero attached hydrogens (tertiary/aromatic N) is 2. The normalized spacial score (nSPS) is 26.3. The number of hydrogen-bond acceptors (Lipinski definition) is 6. The maximum atomic E-state index is 11.6. The summed E-state index contributed by atoms with van der Waals surface area (Å²) in [4.78, 5) is 15.6. The third-order valence-electron chi connectivity index (χ3n) is 5.66. The van der Waals surface area contributed by atoms with Crippen LogP contribution in [-0.4, -0.2) is 34.0 Å². The number of ether oxygens (including phenoxy) is 4. The first-order valence-electron chi connectivity index (χ1n) is 10.3. The zero-order valence-corrected chi connectivity index (χ0v) is 17.2. The van der Waals surface area contributed by atoms with Gasteiger partial charge >= 0.3 is 6.01 Å². The van der Waals surface area contributed by atoms with Crippen molar-refractivity contribution in [2.45, 2.75) is 44.2 Å². The average Bonchev–Trinajstić information content (AvgIpc) is 3.25. The standard InChI is InChI=1S/C24H24N2O5/c1-24(16-28-14-17-8-4-2-5-9-17)21(29-15-18-10-6-3-7-11-18)20-22(31-24)26-13-12-19(27)25-23(26)30-20/h2-13,20-22H,14-16H2,1H3. The lowest BCUT2D eigenvalue weighted by atomic mass is 9.98. The SMILES string of the molecule is CC1(COCc2ccccc2)OC2C(Oc3nc(=O)ccn32)C1OCc1ccccc1. The Bertz CT molecular complexity index is 1090.